The molecule has 15 heavy (non-hydrogen) atoms. The minimum Gasteiger partial charge on any atom is -0.328 e. The molecule has 2 N–H and O–H groups in total. The summed E-state index contributed by atoms with van der Waals surface area (Å²) < 4.78 is 2.85. The van der Waals surface area contributed by atoms with Crippen LogP contribution < -0.4 is 5.73 Å². The van der Waals surface area contributed by atoms with Crippen LogP contribution in [0.25, 0.3) is 10.9 Å². The molecule has 4 heteroatoms. The van der Waals surface area contributed by atoms with Gasteiger partial charge in [0.2, 0.25) is 0 Å². The molecule has 1 unspecified atom stereocenters. The first-order chi connectivity index (χ1) is 7.08. The second-order valence-electron chi connectivity index (χ2n) is 3.95. The predicted octanol–water partition coefficient (Wildman–Crippen LogP) is 2.23. The van der Waals surface area contributed by atoms with Gasteiger partial charge in [0.05, 0.1) is 5.52 Å². The lowest BCUT2D eigenvalue weighted by atomic mass is 10.1. The fourth-order valence-corrected chi connectivity index (χ4v) is 2.13. The van der Waals surface area contributed by atoms with Gasteiger partial charge in [-0.05, 0) is 47.0 Å². The van der Waals surface area contributed by atoms with Crippen molar-refractivity contribution in [3.63, 3.8) is 0 Å². The average Bonchev–Trinajstić information content (AvgIpc) is 2.41. The highest BCUT2D eigenvalue weighted by molar-refractivity contribution is 9.10. The minimum absolute atomic E-state index is 0.189. The lowest BCUT2D eigenvalue weighted by Gasteiger charge is -2.04. The molecule has 80 valence electrons. The molecule has 1 aromatic heterocycles. The van der Waals surface area contributed by atoms with Crippen LogP contribution in [0.1, 0.15) is 12.5 Å². The molecule has 0 fully saturated rings. The van der Waals surface area contributed by atoms with Gasteiger partial charge in [0.15, 0.2) is 0 Å². The van der Waals surface area contributed by atoms with Gasteiger partial charge in [0.25, 0.3) is 0 Å². The van der Waals surface area contributed by atoms with Crippen LogP contribution in [-0.4, -0.2) is 15.8 Å². The number of fused-ring (bicyclic) bond motifs is 1. The summed E-state index contributed by atoms with van der Waals surface area (Å²) in [4.78, 5) is 0. The number of aromatic nitrogens is 2. The maximum Gasteiger partial charge on any atom is 0.111 e. The van der Waals surface area contributed by atoms with Gasteiger partial charge in [0.1, 0.15) is 4.60 Å². The van der Waals surface area contributed by atoms with Gasteiger partial charge in [-0.3, -0.25) is 4.68 Å². The van der Waals surface area contributed by atoms with Crippen LogP contribution in [0.3, 0.4) is 0 Å². The van der Waals surface area contributed by atoms with Crippen LogP contribution in [0.2, 0.25) is 0 Å². The van der Waals surface area contributed by atoms with E-state index in [0.29, 0.717) is 0 Å². The molecule has 1 heterocycles. The second kappa shape index (κ2) is 3.94. The quantitative estimate of drug-likeness (QED) is 0.907. The van der Waals surface area contributed by atoms with E-state index in [0.717, 1.165) is 21.9 Å². The van der Waals surface area contributed by atoms with Crippen molar-refractivity contribution in [3.05, 3.63) is 28.4 Å². The zero-order chi connectivity index (χ0) is 11.0. The zero-order valence-electron chi connectivity index (χ0n) is 8.87. The molecule has 3 nitrogen and oxygen atoms in total. The fourth-order valence-electron chi connectivity index (χ4n) is 1.71. The van der Waals surface area contributed by atoms with E-state index in [1.54, 1.807) is 0 Å². The van der Waals surface area contributed by atoms with E-state index >= 15 is 0 Å². The monoisotopic (exact) mass is 267 g/mol. The molecule has 2 aromatic rings. The third kappa shape index (κ3) is 2.06. The standard InChI is InChI=1S/C11H14BrN3/c1-7(13)5-8-3-4-9-10(6-8)14-15(2)11(9)12/h3-4,6-7H,5,13H2,1-2H3. The Morgan fingerprint density at radius 3 is 2.93 bits per heavy atom. The van der Waals surface area contributed by atoms with Gasteiger partial charge in [-0.2, -0.15) is 5.10 Å². The van der Waals surface area contributed by atoms with Gasteiger partial charge in [-0.1, -0.05) is 6.07 Å². The molecule has 1 aromatic carbocycles. The van der Waals surface area contributed by atoms with Crippen molar-refractivity contribution in [1.82, 2.24) is 9.78 Å². The number of hydrogen-bond acceptors (Lipinski definition) is 2. The van der Waals surface area contributed by atoms with Crippen LogP contribution in [0.5, 0.6) is 0 Å². The van der Waals surface area contributed by atoms with Crippen molar-refractivity contribution in [2.24, 2.45) is 12.8 Å². The molecule has 0 amide bonds. The van der Waals surface area contributed by atoms with Crippen molar-refractivity contribution < 1.29 is 0 Å². The summed E-state index contributed by atoms with van der Waals surface area (Å²) in [6, 6.07) is 6.49. The van der Waals surface area contributed by atoms with E-state index < -0.39 is 0 Å². The summed E-state index contributed by atoms with van der Waals surface area (Å²) in [5.41, 5.74) is 8.02. The third-order valence-electron chi connectivity index (χ3n) is 2.38. The van der Waals surface area contributed by atoms with E-state index in [2.05, 4.69) is 39.2 Å². The zero-order valence-corrected chi connectivity index (χ0v) is 10.5. The van der Waals surface area contributed by atoms with Crippen molar-refractivity contribution in [2.75, 3.05) is 0 Å². The lowest BCUT2D eigenvalue weighted by molar-refractivity contribution is 0.738. The molecule has 0 saturated carbocycles. The molecule has 2 rings (SSSR count). The molecule has 0 spiro atoms. The van der Waals surface area contributed by atoms with Crippen LogP contribution in [0, 0.1) is 0 Å². The van der Waals surface area contributed by atoms with Gasteiger partial charge in [-0.25, -0.2) is 0 Å². The SMILES string of the molecule is CC(N)Cc1ccc2c(Br)n(C)nc2c1. The molecular formula is C11H14BrN3. The average molecular weight is 268 g/mol. The molecule has 0 aliphatic heterocycles. The molecule has 0 aliphatic carbocycles. The lowest BCUT2D eigenvalue weighted by Crippen LogP contribution is -2.17. The summed E-state index contributed by atoms with van der Waals surface area (Å²) in [6.07, 6.45) is 0.893. The van der Waals surface area contributed by atoms with Gasteiger partial charge in [-0.15, -0.1) is 0 Å². The fraction of sp³-hybridized carbons (Fsp3) is 0.364. The first kappa shape index (κ1) is 10.6. The number of halogens is 1. The summed E-state index contributed by atoms with van der Waals surface area (Å²) >= 11 is 3.50. The summed E-state index contributed by atoms with van der Waals surface area (Å²) in [5.74, 6) is 0. The molecule has 0 saturated heterocycles. The summed E-state index contributed by atoms with van der Waals surface area (Å²) in [6.45, 7) is 2.01. The third-order valence-corrected chi connectivity index (χ3v) is 3.32. The van der Waals surface area contributed by atoms with E-state index in [4.69, 9.17) is 5.73 Å². The van der Waals surface area contributed by atoms with Gasteiger partial charge in [0, 0.05) is 18.5 Å². The Kier molecular flexibility index (Phi) is 2.80. The number of nitrogens with zero attached hydrogens (tertiary/aromatic N) is 2. The van der Waals surface area contributed by atoms with Crippen molar-refractivity contribution in [3.8, 4) is 0 Å². The van der Waals surface area contributed by atoms with E-state index in [9.17, 15) is 0 Å². The van der Waals surface area contributed by atoms with Crippen LogP contribution in [0.15, 0.2) is 22.8 Å². The molecular weight excluding hydrogens is 254 g/mol. The normalized spacial score (nSPS) is 13.3. The second-order valence-corrected chi connectivity index (χ2v) is 4.70. The van der Waals surface area contributed by atoms with Crippen molar-refractivity contribution in [1.29, 1.82) is 0 Å². The molecule has 0 radical (unpaired) electrons. The molecule has 1 atom stereocenters. The van der Waals surface area contributed by atoms with Gasteiger partial charge < -0.3 is 5.73 Å². The predicted molar refractivity (Wildman–Crippen MR) is 65.8 cm³/mol. The highest BCUT2D eigenvalue weighted by Gasteiger charge is 2.07. The number of aryl methyl sites for hydroxylation is 1. The molecule has 0 bridgehead atoms. The highest BCUT2D eigenvalue weighted by atomic mass is 79.9. The topological polar surface area (TPSA) is 43.8 Å². The van der Waals surface area contributed by atoms with Crippen LogP contribution in [-0.2, 0) is 13.5 Å². The Bertz CT molecular complexity index is 488. The van der Waals surface area contributed by atoms with E-state index in [1.807, 2.05) is 18.7 Å². The number of nitrogens with two attached hydrogens (primary N) is 1. The number of benzene rings is 1. The maximum atomic E-state index is 5.77. The minimum atomic E-state index is 0.189. The summed E-state index contributed by atoms with van der Waals surface area (Å²) in [7, 11) is 1.93. The van der Waals surface area contributed by atoms with E-state index in [-0.39, 0.29) is 6.04 Å². The number of rotatable bonds is 2. The largest absolute Gasteiger partial charge is 0.328 e. The van der Waals surface area contributed by atoms with Crippen LogP contribution >= 0.6 is 15.9 Å². The molecule has 0 aliphatic rings. The smallest absolute Gasteiger partial charge is 0.111 e. The van der Waals surface area contributed by atoms with Crippen molar-refractivity contribution >= 4 is 26.8 Å². The number of hydrogen-bond donors (Lipinski definition) is 1. The Hall–Kier alpha value is -0.870. The van der Waals surface area contributed by atoms with Gasteiger partial charge >= 0.3 is 0 Å². The Morgan fingerprint density at radius 1 is 1.53 bits per heavy atom. The van der Waals surface area contributed by atoms with Crippen molar-refractivity contribution in [2.45, 2.75) is 19.4 Å². The summed E-state index contributed by atoms with van der Waals surface area (Å²) in [5, 5.41) is 5.55. The maximum absolute atomic E-state index is 5.77. The first-order valence-corrected chi connectivity index (χ1v) is 5.74. The van der Waals surface area contributed by atoms with E-state index in [1.165, 1.54) is 5.56 Å². The Morgan fingerprint density at radius 2 is 2.27 bits per heavy atom. The van der Waals surface area contributed by atoms with Crippen LogP contribution in [0.4, 0.5) is 0 Å². The first-order valence-electron chi connectivity index (χ1n) is 4.94. The Labute approximate surface area is 97.4 Å². The Balaban J connectivity index is 2.47. The highest BCUT2D eigenvalue weighted by Crippen LogP contribution is 2.24.